The van der Waals surface area contributed by atoms with Crippen molar-refractivity contribution in [2.24, 2.45) is 12.0 Å². The summed E-state index contributed by atoms with van der Waals surface area (Å²) in [5, 5.41) is 1.18. The van der Waals surface area contributed by atoms with Crippen molar-refractivity contribution in [3.05, 3.63) is 65.9 Å². The molecule has 104 valence electrons. The number of fused-ring (bicyclic) bond motifs is 1. The van der Waals surface area contributed by atoms with Crippen LogP contribution >= 0.6 is 0 Å². The Morgan fingerprint density at radius 3 is 2.52 bits per heavy atom. The fourth-order valence-electron chi connectivity index (χ4n) is 2.40. The largest absolute Gasteiger partial charge is 0.350 e. The highest BCUT2D eigenvalue weighted by molar-refractivity contribution is 6.00. The van der Waals surface area contributed by atoms with Crippen molar-refractivity contribution in [1.82, 2.24) is 4.57 Å². The van der Waals surface area contributed by atoms with Gasteiger partial charge < -0.3 is 4.57 Å². The zero-order valence-corrected chi connectivity index (χ0v) is 12.1. The third-order valence-electron chi connectivity index (χ3n) is 3.55. The molecule has 3 nitrogen and oxygen atoms in total. The normalized spacial score (nSPS) is 11.3. The van der Waals surface area contributed by atoms with Crippen molar-refractivity contribution < 1.29 is 4.79 Å². The second-order valence-electron chi connectivity index (χ2n) is 5.07. The lowest BCUT2D eigenvalue weighted by atomic mass is 10.1. The first-order chi connectivity index (χ1) is 10.1. The highest BCUT2D eigenvalue weighted by Gasteiger charge is 2.03. The number of carbonyl (C=O) groups is 1. The van der Waals surface area contributed by atoms with Crippen molar-refractivity contribution in [3.8, 4) is 0 Å². The van der Waals surface area contributed by atoms with Crippen LogP contribution < -0.4 is 0 Å². The summed E-state index contributed by atoms with van der Waals surface area (Å²) in [7, 11) is 2.03. The monoisotopic (exact) mass is 276 g/mol. The molecule has 3 rings (SSSR count). The number of nitrogens with zero attached hydrogens (tertiary/aromatic N) is 2. The Kier molecular flexibility index (Phi) is 3.40. The first-order valence-corrected chi connectivity index (χ1v) is 6.84. The molecule has 21 heavy (non-hydrogen) atoms. The summed E-state index contributed by atoms with van der Waals surface area (Å²) < 4.78 is 2.09. The van der Waals surface area contributed by atoms with Crippen molar-refractivity contribution in [3.63, 3.8) is 0 Å². The number of benzene rings is 2. The van der Waals surface area contributed by atoms with Gasteiger partial charge in [-0.05, 0) is 37.3 Å². The van der Waals surface area contributed by atoms with E-state index in [1.807, 2.05) is 37.5 Å². The van der Waals surface area contributed by atoms with E-state index in [9.17, 15) is 4.79 Å². The number of hydrogen-bond acceptors (Lipinski definition) is 2. The maximum Gasteiger partial charge on any atom is 0.159 e. The Bertz CT molecular complexity index is 826. The highest BCUT2D eigenvalue weighted by atomic mass is 16.1. The van der Waals surface area contributed by atoms with Gasteiger partial charge in [-0.25, -0.2) is 0 Å². The Morgan fingerprint density at radius 1 is 1.10 bits per heavy atom. The Morgan fingerprint density at radius 2 is 1.81 bits per heavy atom. The third kappa shape index (κ3) is 2.63. The summed E-state index contributed by atoms with van der Waals surface area (Å²) in [4.78, 5) is 15.7. The predicted octanol–water partition coefficient (Wildman–Crippen LogP) is 4.13. The lowest BCUT2D eigenvalue weighted by Crippen LogP contribution is -1.89. The van der Waals surface area contributed by atoms with E-state index in [4.69, 9.17) is 0 Å². The van der Waals surface area contributed by atoms with Gasteiger partial charge in [0.1, 0.15) is 0 Å². The molecule has 0 saturated heterocycles. The summed E-state index contributed by atoms with van der Waals surface area (Å²) >= 11 is 0. The highest BCUT2D eigenvalue weighted by Crippen LogP contribution is 2.20. The number of Topliss-reactive ketones (excluding diaryl/α,β-unsaturated/α-hetero) is 1. The van der Waals surface area contributed by atoms with Gasteiger partial charge in [0.2, 0.25) is 0 Å². The maximum atomic E-state index is 11.2. The molecule has 0 aliphatic carbocycles. The van der Waals surface area contributed by atoms with Crippen LogP contribution in [-0.4, -0.2) is 16.6 Å². The zero-order valence-electron chi connectivity index (χ0n) is 12.1. The van der Waals surface area contributed by atoms with Crippen LogP contribution in [0.3, 0.4) is 0 Å². The molecule has 0 aliphatic heterocycles. The predicted molar refractivity (Wildman–Crippen MR) is 86.6 cm³/mol. The van der Waals surface area contributed by atoms with Gasteiger partial charge >= 0.3 is 0 Å². The van der Waals surface area contributed by atoms with E-state index in [-0.39, 0.29) is 5.78 Å². The molecule has 0 saturated carbocycles. The minimum Gasteiger partial charge on any atom is -0.350 e. The quantitative estimate of drug-likeness (QED) is 0.523. The molecule has 0 fully saturated rings. The van der Waals surface area contributed by atoms with Crippen LogP contribution in [0, 0.1) is 0 Å². The molecule has 0 unspecified atom stereocenters. The van der Waals surface area contributed by atoms with Crippen molar-refractivity contribution >= 4 is 28.6 Å². The lowest BCUT2D eigenvalue weighted by molar-refractivity contribution is 0.101. The zero-order chi connectivity index (χ0) is 14.8. The summed E-state index contributed by atoms with van der Waals surface area (Å²) in [5.74, 6) is 0.0691. The van der Waals surface area contributed by atoms with Gasteiger partial charge in [0.25, 0.3) is 0 Å². The molecule has 0 N–H and O–H groups in total. The minimum atomic E-state index is 0.0691. The van der Waals surface area contributed by atoms with E-state index in [1.54, 1.807) is 19.1 Å². The molecule has 3 heteroatoms. The number of aryl methyl sites for hydroxylation is 1. The molecule has 3 aromatic rings. The van der Waals surface area contributed by atoms with Gasteiger partial charge in [0, 0.05) is 41.5 Å². The van der Waals surface area contributed by atoms with E-state index in [0.717, 1.165) is 11.3 Å². The standard InChI is InChI=1S/C18H16N2O/c1-13(21)14-7-9-16(10-8-14)19-11-15-12-20(2)18-6-4-3-5-17(15)18/h3-12H,1-2H3. The van der Waals surface area contributed by atoms with Crippen LogP contribution in [-0.2, 0) is 7.05 Å². The van der Waals surface area contributed by atoms with Crippen LogP contribution in [0.5, 0.6) is 0 Å². The molecule has 1 heterocycles. The summed E-state index contributed by atoms with van der Waals surface area (Å²) in [6.45, 7) is 1.56. The fourth-order valence-corrected chi connectivity index (χ4v) is 2.40. The number of aliphatic imine (C=N–C) groups is 1. The number of rotatable bonds is 3. The van der Waals surface area contributed by atoms with E-state index < -0.39 is 0 Å². The summed E-state index contributed by atoms with van der Waals surface area (Å²) in [6.07, 6.45) is 3.93. The van der Waals surface area contributed by atoms with Gasteiger partial charge in [-0.3, -0.25) is 9.79 Å². The molecule has 0 atom stereocenters. The Hall–Kier alpha value is -2.68. The average Bonchev–Trinajstić information content (AvgIpc) is 2.83. The molecule has 2 aromatic carbocycles. The first-order valence-electron chi connectivity index (χ1n) is 6.84. The molecule has 0 spiro atoms. The Labute approximate surface area is 123 Å². The molecule has 0 aliphatic rings. The number of aromatic nitrogens is 1. The second kappa shape index (κ2) is 5.37. The molecular weight excluding hydrogens is 260 g/mol. The van der Waals surface area contributed by atoms with Crippen molar-refractivity contribution in [2.45, 2.75) is 6.92 Å². The molecular formula is C18H16N2O. The lowest BCUT2D eigenvalue weighted by Gasteiger charge is -1.96. The van der Waals surface area contributed by atoms with E-state index in [0.29, 0.717) is 5.56 Å². The van der Waals surface area contributed by atoms with E-state index >= 15 is 0 Å². The van der Waals surface area contributed by atoms with E-state index in [2.05, 4.69) is 27.9 Å². The van der Waals surface area contributed by atoms with Gasteiger partial charge in [0.05, 0.1) is 5.69 Å². The molecule has 0 amide bonds. The first kappa shape index (κ1) is 13.3. The third-order valence-corrected chi connectivity index (χ3v) is 3.55. The molecule has 0 bridgehead atoms. The average molecular weight is 276 g/mol. The Balaban J connectivity index is 1.92. The number of carbonyl (C=O) groups excluding carboxylic acids is 1. The SMILES string of the molecule is CC(=O)c1ccc(N=Cc2cn(C)c3ccccc23)cc1. The molecule has 0 radical (unpaired) electrons. The number of hydrogen-bond donors (Lipinski definition) is 0. The van der Waals surface area contributed by atoms with Gasteiger partial charge in [-0.15, -0.1) is 0 Å². The fraction of sp³-hybridized carbons (Fsp3) is 0.111. The van der Waals surface area contributed by atoms with Crippen molar-refractivity contribution in [2.75, 3.05) is 0 Å². The van der Waals surface area contributed by atoms with Gasteiger partial charge in [-0.1, -0.05) is 18.2 Å². The number of ketones is 1. The van der Waals surface area contributed by atoms with Gasteiger partial charge in [-0.2, -0.15) is 0 Å². The number of para-hydroxylation sites is 1. The summed E-state index contributed by atoms with van der Waals surface area (Å²) in [5.41, 5.74) is 3.82. The molecule has 1 aromatic heterocycles. The maximum absolute atomic E-state index is 11.2. The van der Waals surface area contributed by atoms with Crippen LogP contribution in [0.25, 0.3) is 10.9 Å². The van der Waals surface area contributed by atoms with Crippen LogP contribution in [0.1, 0.15) is 22.8 Å². The van der Waals surface area contributed by atoms with Gasteiger partial charge in [0.15, 0.2) is 5.78 Å². The minimum absolute atomic E-state index is 0.0691. The second-order valence-corrected chi connectivity index (χ2v) is 5.07. The summed E-state index contributed by atoms with van der Waals surface area (Å²) in [6, 6.07) is 15.6. The van der Waals surface area contributed by atoms with Crippen LogP contribution in [0.15, 0.2) is 59.7 Å². The topological polar surface area (TPSA) is 34.4 Å². The smallest absolute Gasteiger partial charge is 0.159 e. The van der Waals surface area contributed by atoms with Crippen molar-refractivity contribution in [1.29, 1.82) is 0 Å². The van der Waals surface area contributed by atoms with Crippen LogP contribution in [0.4, 0.5) is 5.69 Å². The van der Waals surface area contributed by atoms with Crippen LogP contribution in [0.2, 0.25) is 0 Å². The van der Waals surface area contributed by atoms with E-state index in [1.165, 1.54) is 10.9 Å².